The Hall–Kier alpha value is 0.0700. The van der Waals surface area contributed by atoms with Crippen LogP contribution in [0, 0.1) is 0 Å². The van der Waals surface area contributed by atoms with E-state index in [9.17, 15) is 4.79 Å². The molecule has 0 aromatic heterocycles. The molecule has 1 amide bonds. The fraction of sp³-hybridized carbons (Fsp3) is 0.909. The number of hydrogen-bond acceptors (Lipinski definition) is 3. The van der Waals surface area contributed by atoms with Gasteiger partial charge in [-0.3, -0.25) is 4.79 Å². The van der Waals surface area contributed by atoms with E-state index in [2.05, 4.69) is 11.6 Å². The van der Waals surface area contributed by atoms with Gasteiger partial charge in [0.1, 0.15) is 0 Å². The first-order chi connectivity index (χ1) is 7.22. The maximum absolute atomic E-state index is 11.7. The molecule has 1 aliphatic carbocycles. The van der Waals surface area contributed by atoms with E-state index in [4.69, 9.17) is 5.73 Å². The van der Waals surface area contributed by atoms with E-state index < -0.39 is 0 Å². The van der Waals surface area contributed by atoms with Crippen molar-refractivity contribution >= 4 is 30.1 Å². The van der Waals surface area contributed by atoms with E-state index in [1.165, 1.54) is 12.8 Å². The van der Waals surface area contributed by atoms with Crippen molar-refractivity contribution in [1.29, 1.82) is 0 Å². The highest BCUT2D eigenvalue weighted by atomic mass is 35.5. The Kier molecular flexibility index (Phi) is 8.24. The van der Waals surface area contributed by atoms with Crippen molar-refractivity contribution in [3.8, 4) is 0 Å². The maximum Gasteiger partial charge on any atom is 0.220 e. The number of rotatable bonds is 6. The Morgan fingerprint density at radius 3 is 2.56 bits per heavy atom. The molecule has 1 aliphatic rings. The number of nitrogens with two attached hydrogens (primary N) is 1. The molecular weight excluding hydrogens is 244 g/mol. The Bertz CT molecular complexity index is 208. The number of nitrogens with one attached hydrogen (secondary N) is 1. The lowest BCUT2D eigenvalue weighted by Crippen LogP contribution is -2.51. The summed E-state index contributed by atoms with van der Waals surface area (Å²) in [6, 6.07) is 0. The van der Waals surface area contributed by atoms with Crippen LogP contribution in [0.2, 0.25) is 0 Å². The van der Waals surface area contributed by atoms with E-state index in [0.717, 1.165) is 25.0 Å². The van der Waals surface area contributed by atoms with Crippen molar-refractivity contribution in [3.05, 3.63) is 0 Å². The quantitative estimate of drug-likeness (QED) is 0.723. The molecule has 96 valence electrons. The topological polar surface area (TPSA) is 55.1 Å². The molecule has 0 saturated heterocycles. The third-order valence-corrected chi connectivity index (χ3v) is 3.81. The number of hydrogen-bond donors (Lipinski definition) is 2. The van der Waals surface area contributed by atoms with Crippen molar-refractivity contribution in [2.75, 3.05) is 18.6 Å². The number of thioether (sulfide) groups is 1. The van der Waals surface area contributed by atoms with Gasteiger partial charge in [0, 0.05) is 13.0 Å². The predicted molar refractivity (Wildman–Crippen MR) is 73.3 cm³/mol. The normalized spacial score (nSPS) is 17.9. The smallest absolute Gasteiger partial charge is 0.220 e. The molecule has 1 saturated carbocycles. The Labute approximate surface area is 109 Å². The molecule has 1 rings (SSSR count). The van der Waals surface area contributed by atoms with Crippen molar-refractivity contribution in [1.82, 2.24) is 5.32 Å². The third-order valence-electron chi connectivity index (χ3n) is 3.11. The van der Waals surface area contributed by atoms with Crippen LogP contribution in [0.4, 0.5) is 0 Å². The van der Waals surface area contributed by atoms with Gasteiger partial charge in [-0.15, -0.1) is 12.4 Å². The summed E-state index contributed by atoms with van der Waals surface area (Å²) in [5.41, 5.74) is 5.68. The minimum Gasteiger partial charge on any atom is -0.349 e. The second-order valence-corrected chi connectivity index (χ2v) is 5.32. The second-order valence-electron chi connectivity index (χ2n) is 4.34. The first kappa shape index (κ1) is 16.1. The van der Waals surface area contributed by atoms with Crippen molar-refractivity contribution in [2.24, 2.45) is 5.73 Å². The lowest BCUT2D eigenvalue weighted by molar-refractivity contribution is -0.122. The Morgan fingerprint density at radius 1 is 1.44 bits per heavy atom. The molecule has 0 radical (unpaired) electrons. The molecule has 1 fully saturated rings. The molecule has 0 atom stereocenters. The van der Waals surface area contributed by atoms with E-state index in [-0.39, 0.29) is 23.9 Å². The molecule has 0 unspecified atom stereocenters. The van der Waals surface area contributed by atoms with Gasteiger partial charge in [-0.05, 0) is 31.3 Å². The lowest BCUT2D eigenvalue weighted by atomic mass is 9.97. The fourth-order valence-corrected chi connectivity index (χ4v) is 2.60. The molecule has 3 nitrogen and oxygen atoms in total. The molecular formula is C11H23ClN2OS. The van der Waals surface area contributed by atoms with Crippen LogP contribution in [0.3, 0.4) is 0 Å². The number of carbonyl (C=O) groups is 1. The summed E-state index contributed by atoms with van der Waals surface area (Å²) in [6.45, 7) is 0.585. The summed E-state index contributed by atoms with van der Waals surface area (Å²) in [7, 11) is 0. The van der Waals surface area contributed by atoms with Crippen LogP contribution in [-0.2, 0) is 4.79 Å². The molecule has 16 heavy (non-hydrogen) atoms. The molecule has 0 heterocycles. The number of halogens is 1. The van der Waals surface area contributed by atoms with Gasteiger partial charge in [-0.2, -0.15) is 11.8 Å². The maximum atomic E-state index is 11.7. The average molecular weight is 267 g/mol. The van der Waals surface area contributed by atoms with Crippen LogP contribution < -0.4 is 11.1 Å². The summed E-state index contributed by atoms with van der Waals surface area (Å²) in [6.07, 6.45) is 8.17. The fourth-order valence-electron chi connectivity index (χ4n) is 2.17. The zero-order valence-corrected chi connectivity index (χ0v) is 11.6. The highest BCUT2D eigenvalue weighted by molar-refractivity contribution is 7.98. The monoisotopic (exact) mass is 266 g/mol. The van der Waals surface area contributed by atoms with Crippen LogP contribution >= 0.6 is 24.2 Å². The Balaban J connectivity index is 0.00000225. The van der Waals surface area contributed by atoms with Crippen LogP contribution in [-0.4, -0.2) is 30.0 Å². The minimum atomic E-state index is -0.0730. The van der Waals surface area contributed by atoms with E-state index >= 15 is 0 Å². The first-order valence-corrected chi connectivity index (χ1v) is 7.12. The van der Waals surface area contributed by atoms with Crippen molar-refractivity contribution in [3.63, 3.8) is 0 Å². The molecule has 5 heteroatoms. The summed E-state index contributed by atoms with van der Waals surface area (Å²) in [5, 5.41) is 3.13. The standard InChI is InChI=1S/C11H22N2OS.ClH/c1-15-8-4-5-10(14)13-11(9-12)6-2-3-7-11;/h2-9,12H2,1H3,(H,13,14);1H. The summed E-state index contributed by atoms with van der Waals surface area (Å²) >= 11 is 1.79. The summed E-state index contributed by atoms with van der Waals surface area (Å²) in [5.74, 6) is 1.24. The van der Waals surface area contributed by atoms with Gasteiger partial charge >= 0.3 is 0 Å². The van der Waals surface area contributed by atoms with E-state index in [1.54, 1.807) is 11.8 Å². The third kappa shape index (κ3) is 4.93. The van der Waals surface area contributed by atoms with Gasteiger partial charge in [0.25, 0.3) is 0 Å². The molecule has 0 bridgehead atoms. The summed E-state index contributed by atoms with van der Waals surface area (Å²) < 4.78 is 0. The van der Waals surface area contributed by atoms with Gasteiger partial charge in [0.05, 0.1) is 5.54 Å². The molecule has 3 N–H and O–H groups in total. The van der Waals surface area contributed by atoms with Crippen molar-refractivity contribution in [2.45, 2.75) is 44.1 Å². The highest BCUT2D eigenvalue weighted by Crippen LogP contribution is 2.28. The van der Waals surface area contributed by atoms with Gasteiger partial charge in [-0.25, -0.2) is 0 Å². The summed E-state index contributed by atoms with van der Waals surface area (Å²) in [4.78, 5) is 11.7. The first-order valence-electron chi connectivity index (χ1n) is 5.72. The second kappa shape index (κ2) is 8.20. The molecule has 0 aliphatic heterocycles. The zero-order chi connectivity index (χ0) is 11.1. The number of carbonyl (C=O) groups excluding carboxylic acids is 1. The average Bonchev–Trinajstić information content (AvgIpc) is 2.67. The largest absolute Gasteiger partial charge is 0.349 e. The van der Waals surface area contributed by atoms with Gasteiger partial charge < -0.3 is 11.1 Å². The van der Waals surface area contributed by atoms with Crippen LogP contribution in [0.25, 0.3) is 0 Å². The van der Waals surface area contributed by atoms with Gasteiger partial charge in [0.15, 0.2) is 0 Å². The predicted octanol–water partition coefficient (Wildman–Crippen LogP) is 1.94. The van der Waals surface area contributed by atoms with Crippen LogP contribution in [0.1, 0.15) is 38.5 Å². The molecule has 0 aromatic carbocycles. The van der Waals surface area contributed by atoms with E-state index in [1.807, 2.05) is 0 Å². The molecule has 0 aromatic rings. The molecule has 0 spiro atoms. The lowest BCUT2D eigenvalue weighted by Gasteiger charge is -2.28. The highest BCUT2D eigenvalue weighted by Gasteiger charge is 2.33. The van der Waals surface area contributed by atoms with Gasteiger partial charge in [0.2, 0.25) is 5.91 Å². The van der Waals surface area contributed by atoms with Gasteiger partial charge in [-0.1, -0.05) is 12.8 Å². The number of amides is 1. The SMILES string of the molecule is CSCCCC(=O)NC1(CN)CCCC1.Cl. The van der Waals surface area contributed by atoms with Crippen molar-refractivity contribution < 1.29 is 4.79 Å². The van der Waals surface area contributed by atoms with Crippen LogP contribution in [0.5, 0.6) is 0 Å². The van der Waals surface area contributed by atoms with E-state index in [0.29, 0.717) is 13.0 Å². The van der Waals surface area contributed by atoms with Crippen LogP contribution in [0.15, 0.2) is 0 Å². The Morgan fingerprint density at radius 2 is 2.06 bits per heavy atom. The minimum absolute atomic E-state index is 0. The zero-order valence-electron chi connectivity index (χ0n) is 9.96.